The molecule has 5 nitrogen and oxygen atoms in total. The molecule has 2 aromatic heterocycles. The van der Waals surface area contributed by atoms with Gasteiger partial charge in [-0.05, 0) is 31.4 Å². The van der Waals surface area contributed by atoms with Gasteiger partial charge in [-0.1, -0.05) is 6.92 Å². The number of thiophene rings is 1. The number of rotatable bonds is 2. The lowest BCUT2D eigenvalue weighted by molar-refractivity contribution is 0.0782. The number of nitrogens with zero attached hydrogens (tertiary/aromatic N) is 3. The van der Waals surface area contributed by atoms with Gasteiger partial charge in [0.2, 0.25) is 0 Å². The third-order valence-electron chi connectivity index (χ3n) is 4.24. The molecule has 7 heteroatoms. The molecule has 0 radical (unpaired) electrons. The Morgan fingerprint density at radius 1 is 1.57 bits per heavy atom. The summed E-state index contributed by atoms with van der Waals surface area (Å²) in [6, 6.07) is 1.97. The molecular weight excluding hydrogens is 308 g/mol. The van der Waals surface area contributed by atoms with Gasteiger partial charge in [0.15, 0.2) is 0 Å². The van der Waals surface area contributed by atoms with E-state index in [-0.39, 0.29) is 23.7 Å². The van der Waals surface area contributed by atoms with Crippen LogP contribution in [-0.4, -0.2) is 40.2 Å². The van der Waals surface area contributed by atoms with Crippen molar-refractivity contribution in [2.24, 2.45) is 18.2 Å². The summed E-state index contributed by atoms with van der Waals surface area (Å²) in [7, 11) is 1.92. The van der Waals surface area contributed by atoms with Crippen LogP contribution in [-0.2, 0) is 7.05 Å². The van der Waals surface area contributed by atoms with Gasteiger partial charge in [-0.25, -0.2) is 0 Å². The van der Waals surface area contributed by atoms with Gasteiger partial charge < -0.3 is 10.6 Å². The number of carbonyl (C=O) groups excluding carboxylic acids is 1. The summed E-state index contributed by atoms with van der Waals surface area (Å²) in [6.07, 6.45) is 0.987. The molecule has 2 N–H and O–H groups in total. The number of hydrogen-bond acceptors (Lipinski definition) is 4. The largest absolute Gasteiger partial charge is 0.337 e. The fourth-order valence-electron chi connectivity index (χ4n) is 2.83. The van der Waals surface area contributed by atoms with E-state index < -0.39 is 0 Å². The maximum absolute atomic E-state index is 12.6. The molecule has 1 unspecified atom stereocenters. The van der Waals surface area contributed by atoms with Gasteiger partial charge >= 0.3 is 0 Å². The van der Waals surface area contributed by atoms with E-state index in [1.165, 1.54) is 11.3 Å². The smallest absolute Gasteiger partial charge is 0.264 e. The van der Waals surface area contributed by atoms with E-state index in [0.29, 0.717) is 6.54 Å². The number of amides is 1. The summed E-state index contributed by atoms with van der Waals surface area (Å²) in [5.41, 5.74) is 6.86. The monoisotopic (exact) mass is 328 g/mol. The summed E-state index contributed by atoms with van der Waals surface area (Å²) < 4.78 is 1.85. The highest BCUT2D eigenvalue weighted by Crippen LogP contribution is 2.33. The number of hydrogen-bond donors (Lipinski definition) is 1. The molecule has 21 heavy (non-hydrogen) atoms. The zero-order valence-corrected chi connectivity index (χ0v) is 14.2. The minimum Gasteiger partial charge on any atom is -0.337 e. The van der Waals surface area contributed by atoms with Crippen molar-refractivity contribution in [1.82, 2.24) is 14.7 Å². The van der Waals surface area contributed by atoms with Crippen molar-refractivity contribution in [3.63, 3.8) is 0 Å². The highest BCUT2D eigenvalue weighted by Gasteiger charge is 2.35. The van der Waals surface area contributed by atoms with Gasteiger partial charge in [-0.15, -0.1) is 23.7 Å². The maximum Gasteiger partial charge on any atom is 0.264 e. The Hall–Kier alpha value is -1.11. The van der Waals surface area contributed by atoms with Crippen molar-refractivity contribution >= 4 is 39.9 Å². The number of carbonyl (C=O) groups is 1. The lowest BCUT2D eigenvalue weighted by Crippen LogP contribution is -2.34. The van der Waals surface area contributed by atoms with E-state index in [9.17, 15) is 4.79 Å². The first-order valence-corrected chi connectivity index (χ1v) is 7.68. The van der Waals surface area contributed by atoms with Crippen LogP contribution < -0.4 is 5.73 Å². The molecule has 1 saturated heterocycles. The Morgan fingerprint density at radius 2 is 2.29 bits per heavy atom. The minimum absolute atomic E-state index is 0. The molecule has 0 bridgehead atoms. The van der Waals surface area contributed by atoms with Crippen LogP contribution in [0.3, 0.4) is 0 Å². The second-order valence-corrected chi connectivity index (χ2v) is 7.06. The summed E-state index contributed by atoms with van der Waals surface area (Å²) in [6.45, 7) is 6.32. The summed E-state index contributed by atoms with van der Waals surface area (Å²) in [5.74, 6) is 0.128. The van der Waals surface area contributed by atoms with E-state index in [1.807, 2.05) is 29.6 Å². The molecule has 1 aliphatic heterocycles. The molecule has 0 spiro atoms. The van der Waals surface area contributed by atoms with Crippen molar-refractivity contribution in [1.29, 1.82) is 0 Å². The second kappa shape index (κ2) is 5.59. The van der Waals surface area contributed by atoms with Crippen LogP contribution in [0.2, 0.25) is 0 Å². The lowest BCUT2D eigenvalue weighted by atomic mass is 9.90. The number of nitrogens with two attached hydrogens (primary N) is 1. The van der Waals surface area contributed by atoms with Crippen molar-refractivity contribution in [2.75, 3.05) is 19.6 Å². The van der Waals surface area contributed by atoms with Gasteiger partial charge in [-0.3, -0.25) is 9.48 Å². The van der Waals surface area contributed by atoms with E-state index in [2.05, 4.69) is 12.0 Å². The zero-order chi connectivity index (χ0) is 14.5. The molecule has 0 saturated carbocycles. The average molecular weight is 329 g/mol. The first-order chi connectivity index (χ1) is 9.43. The van der Waals surface area contributed by atoms with E-state index in [4.69, 9.17) is 5.73 Å². The highest BCUT2D eigenvalue weighted by molar-refractivity contribution is 7.20. The highest BCUT2D eigenvalue weighted by atomic mass is 35.5. The molecule has 1 aliphatic rings. The minimum atomic E-state index is 0. The Kier molecular flexibility index (Phi) is 4.33. The standard InChI is InChI=1S/C14H20N4OS.ClH/c1-9-10-6-11(20-13(10)17(3)16-9)12(19)18-5-4-14(2,7-15)8-18;/h6H,4-5,7-8,15H2,1-3H3;1H. The molecule has 116 valence electrons. The molecule has 3 heterocycles. The Labute approximate surface area is 134 Å². The fourth-order valence-corrected chi connectivity index (χ4v) is 3.92. The van der Waals surface area contributed by atoms with E-state index >= 15 is 0 Å². The molecule has 1 fully saturated rings. The summed E-state index contributed by atoms with van der Waals surface area (Å²) in [5, 5.41) is 5.45. The zero-order valence-electron chi connectivity index (χ0n) is 12.5. The topological polar surface area (TPSA) is 64.2 Å². The van der Waals surface area contributed by atoms with Crippen LogP contribution in [0, 0.1) is 12.3 Å². The quantitative estimate of drug-likeness (QED) is 0.919. The van der Waals surface area contributed by atoms with Crippen molar-refractivity contribution < 1.29 is 4.79 Å². The van der Waals surface area contributed by atoms with Crippen LogP contribution in [0.25, 0.3) is 10.2 Å². The molecule has 3 rings (SSSR count). The normalized spacial score (nSPS) is 21.8. The number of aryl methyl sites for hydroxylation is 2. The van der Waals surface area contributed by atoms with Gasteiger partial charge in [0.05, 0.1) is 10.6 Å². The molecular formula is C14H21ClN4OS. The molecule has 2 aromatic rings. The Bertz CT molecular complexity index is 645. The third kappa shape index (κ3) is 2.67. The summed E-state index contributed by atoms with van der Waals surface area (Å²) in [4.78, 5) is 16.4. The SMILES string of the molecule is Cc1nn(C)c2sc(C(=O)N3CCC(C)(CN)C3)cc12.Cl. The third-order valence-corrected chi connectivity index (χ3v) is 5.43. The molecule has 0 aromatic carbocycles. The van der Waals surface area contributed by atoms with Crippen LogP contribution >= 0.6 is 23.7 Å². The first-order valence-electron chi connectivity index (χ1n) is 6.86. The predicted octanol–water partition coefficient (Wildman–Crippen LogP) is 2.18. The second-order valence-electron chi connectivity index (χ2n) is 6.03. The number of halogens is 1. The van der Waals surface area contributed by atoms with Gasteiger partial charge in [-0.2, -0.15) is 5.10 Å². The summed E-state index contributed by atoms with van der Waals surface area (Å²) >= 11 is 1.53. The maximum atomic E-state index is 12.6. The Morgan fingerprint density at radius 3 is 2.86 bits per heavy atom. The first kappa shape index (κ1) is 16.3. The van der Waals surface area contributed by atoms with E-state index in [1.54, 1.807) is 0 Å². The van der Waals surface area contributed by atoms with Crippen molar-refractivity contribution in [3.05, 3.63) is 16.6 Å². The van der Waals surface area contributed by atoms with Gasteiger partial charge in [0.1, 0.15) is 4.83 Å². The molecule has 0 aliphatic carbocycles. The van der Waals surface area contributed by atoms with Crippen molar-refractivity contribution in [2.45, 2.75) is 20.3 Å². The number of fused-ring (bicyclic) bond motifs is 1. The van der Waals surface area contributed by atoms with E-state index in [0.717, 1.165) is 40.3 Å². The lowest BCUT2D eigenvalue weighted by Gasteiger charge is -2.22. The van der Waals surface area contributed by atoms with Gasteiger partial charge in [0, 0.05) is 25.5 Å². The number of likely N-dealkylation sites (tertiary alicyclic amines) is 1. The van der Waals surface area contributed by atoms with Crippen LogP contribution in [0.4, 0.5) is 0 Å². The van der Waals surface area contributed by atoms with Crippen molar-refractivity contribution in [3.8, 4) is 0 Å². The predicted molar refractivity (Wildman–Crippen MR) is 88.3 cm³/mol. The molecule has 1 amide bonds. The van der Waals surface area contributed by atoms with Crippen LogP contribution in [0.5, 0.6) is 0 Å². The fraction of sp³-hybridized carbons (Fsp3) is 0.571. The van der Waals surface area contributed by atoms with Gasteiger partial charge in [0.25, 0.3) is 5.91 Å². The van der Waals surface area contributed by atoms with Crippen LogP contribution in [0.15, 0.2) is 6.07 Å². The van der Waals surface area contributed by atoms with Crippen LogP contribution in [0.1, 0.15) is 28.7 Å². The molecule has 1 atom stereocenters. The average Bonchev–Trinajstić information content (AvgIpc) is 3.07. The number of aromatic nitrogens is 2. The Balaban J connectivity index is 0.00000161.